The van der Waals surface area contributed by atoms with Crippen LogP contribution >= 0.6 is 0 Å². The largest absolute Gasteiger partial charge is 0.462 e. The number of allylic oxidation sites excluding steroid dienone is 16. The monoisotopic (exact) mass is 1000 g/mol. The van der Waals surface area contributed by atoms with Crippen molar-refractivity contribution in [3.05, 3.63) is 97.2 Å². The molecule has 0 saturated heterocycles. The zero-order valence-electron chi connectivity index (χ0n) is 47.2. The van der Waals surface area contributed by atoms with E-state index in [2.05, 4.69) is 118 Å². The van der Waals surface area contributed by atoms with Gasteiger partial charge in [-0.25, -0.2) is 0 Å². The number of hydrogen-bond donors (Lipinski definition) is 0. The molecule has 0 rings (SSSR count). The highest BCUT2D eigenvalue weighted by molar-refractivity contribution is 5.71. The van der Waals surface area contributed by atoms with E-state index in [9.17, 15) is 14.4 Å². The Morgan fingerprint density at radius 3 is 0.944 bits per heavy atom. The van der Waals surface area contributed by atoms with Crippen LogP contribution in [0, 0.1) is 0 Å². The Hall–Kier alpha value is -3.67. The molecule has 0 aromatic rings. The van der Waals surface area contributed by atoms with E-state index >= 15 is 0 Å². The Morgan fingerprint density at radius 1 is 0.292 bits per heavy atom. The van der Waals surface area contributed by atoms with Gasteiger partial charge in [0.25, 0.3) is 0 Å². The maximum absolute atomic E-state index is 12.9. The molecule has 0 aromatic carbocycles. The van der Waals surface area contributed by atoms with Crippen molar-refractivity contribution in [2.75, 3.05) is 13.2 Å². The van der Waals surface area contributed by atoms with Crippen LogP contribution in [-0.4, -0.2) is 37.2 Å². The highest BCUT2D eigenvalue weighted by Gasteiger charge is 2.19. The van der Waals surface area contributed by atoms with Crippen LogP contribution in [0.25, 0.3) is 0 Å². The molecular formula is C66H112O6. The van der Waals surface area contributed by atoms with Crippen LogP contribution in [0.3, 0.4) is 0 Å². The van der Waals surface area contributed by atoms with Crippen molar-refractivity contribution in [3.8, 4) is 0 Å². The third kappa shape index (κ3) is 57.2. The average molecular weight is 1000 g/mol. The summed E-state index contributed by atoms with van der Waals surface area (Å²) in [4.78, 5) is 38.2. The summed E-state index contributed by atoms with van der Waals surface area (Å²) < 4.78 is 16.8. The van der Waals surface area contributed by atoms with Gasteiger partial charge in [-0.05, 0) is 96.3 Å². The van der Waals surface area contributed by atoms with Gasteiger partial charge in [0.1, 0.15) is 13.2 Å². The summed E-state index contributed by atoms with van der Waals surface area (Å²) >= 11 is 0. The standard InChI is InChI=1S/C66H112O6/c1-4-7-10-13-16-19-22-25-27-29-31-32-33-34-36-37-39-41-44-47-50-53-56-59-65(68)71-62-63(61-70-64(67)58-55-52-49-46-43-24-21-18-15-12-9-6-3)72-66(69)60-57-54-51-48-45-42-40-38-35-30-28-26-23-20-17-14-11-8-5-2/h7,10,16,18-19,21,25,27,31-32,34,36,39,41,47,50,63H,4-6,8-9,11-15,17,20,22-24,26,28-30,33,35,37-38,40,42-46,48-49,51-62H2,1-3H3/b10-7-,19-16-,21-18-,27-25-,32-31-,36-34-,41-39-,50-47-. The van der Waals surface area contributed by atoms with Gasteiger partial charge < -0.3 is 14.2 Å². The maximum Gasteiger partial charge on any atom is 0.306 e. The molecule has 0 aliphatic rings. The number of unbranched alkanes of at least 4 members (excludes halogenated alkanes) is 27. The highest BCUT2D eigenvalue weighted by Crippen LogP contribution is 2.16. The first-order valence-electron chi connectivity index (χ1n) is 30.2. The third-order valence-electron chi connectivity index (χ3n) is 12.8. The second-order valence-corrected chi connectivity index (χ2v) is 19.9. The van der Waals surface area contributed by atoms with Crippen molar-refractivity contribution in [1.29, 1.82) is 0 Å². The van der Waals surface area contributed by atoms with E-state index in [1.165, 1.54) is 135 Å². The van der Waals surface area contributed by atoms with Crippen molar-refractivity contribution in [3.63, 3.8) is 0 Å². The number of ether oxygens (including phenoxy) is 3. The fraction of sp³-hybridized carbons (Fsp3) is 0.712. The molecule has 0 bridgehead atoms. The lowest BCUT2D eigenvalue weighted by molar-refractivity contribution is -0.167. The lowest BCUT2D eigenvalue weighted by Gasteiger charge is -2.18. The van der Waals surface area contributed by atoms with Crippen molar-refractivity contribution >= 4 is 17.9 Å². The highest BCUT2D eigenvalue weighted by atomic mass is 16.6. The normalized spacial score (nSPS) is 12.8. The first kappa shape index (κ1) is 68.3. The van der Waals surface area contributed by atoms with Gasteiger partial charge in [0.15, 0.2) is 6.10 Å². The molecule has 6 nitrogen and oxygen atoms in total. The van der Waals surface area contributed by atoms with Gasteiger partial charge in [-0.3, -0.25) is 14.4 Å². The second-order valence-electron chi connectivity index (χ2n) is 19.9. The van der Waals surface area contributed by atoms with E-state index in [-0.39, 0.29) is 37.5 Å². The van der Waals surface area contributed by atoms with Crippen LogP contribution in [0.1, 0.15) is 284 Å². The maximum atomic E-state index is 12.9. The van der Waals surface area contributed by atoms with Crippen LogP contribution in [0.5, 0.6) is 0 Å². The zero-order valence-corrected chi connectivity index (χ0v) is 47.2. The second kappa shape index (κ2) is 59.9. The van der Waals surface area contributed by atoms with Gasteiger partial charge in [-0.1, -0.05) is 266 Å². The summed E-state index contributed by atoms with van der Waals surface area (Å²) in [6.07, 6.45) is 79.8. The predicted molar refractivity (Wildman–Crippen MR) is 311 cm³/mol. The molecule has 0 fully saturated rings. The molecule has 1 unspecified atom stereocenters. The van der Waals surface area contributed by atoms with Crippen molar-refractivity contribution in [2.24, 2.45) is 0 Å². The molecule has 1 atom stereocenters. The molecule has 0 aliphatic heterocycles. The van der Waals surface area contributed by atoms with Crippen LogP contribution in [0.2, 0.25) is 0 Å². The Balaban J connectivity index is 4.43. The van der Waals surface area contributed by atoms with E-state index in [4.69, 9.17) is 14.2 Å². The van der Waals surface area contributed by atoms with Gasteiger partial charge in [0.05, 0.1) is 0 Å². The molecular weight excluding hydrogens is 889 g/mol. The molecule has 0 aromatic heterocycles. The van der Waals surface area contributed by atoms with Gasteiger partial charge in [0, 0.05) is 19.3 Å². The molecule has 6 heteroatoms. The predicted octanol–water partition coefficient (Wildman–Crippen LogP) is 20.5. The van der Waals surface area contributed by atoms with Gasteiger partial charge in [-0.15, -0.1) is 0 Å². The Labute approximate surface area is 445 Å². The molecule has 0 saturated carbocycles. The molecule has 0 heterocycles. The number of hydrogen-bond acceptors (Lipinski definition) is 6. The summed E-state index contributed by atoms with van der Waals surface area (Å²) in [7, 11) is 0. The molecule has 72 heavy (non-hydrogen) atoms. The average Bonchev–Trinajstić information content (AvgIpc) is 3.38. The SMILES string of the molecule is CC/C=C\C/C=C\C/C=C\C/C=C\C/C=C\C/C=C\C/C=C\CCCC(=O)OCC(COC(=O)CCCCCCC/C=C\CCCCC)OC(=O)CCCCCCCCCCCCCCCCCCCCC. The van der Waals surface area contributed by atoms with Crippen LogP contribution < -0.4 is 0 Å². The number of carbonyl (C=O) groups is 3. The first-order valence-corrected chi connectivity index (χ1v) is 30.2. The fourth-order valence-corrected chi connectivity index (χ4v) is 8.31. The molecule has 0 spiro atoms. The van der Waals surface area contributed by atoms with E-state index in [0.717, 1.165) is 103 Å². The van der Waals surface area contributed by atoms with Crippen LogP contribution in [0.15, 0.2) is 97.2 Å². The van der Waals surface area contributed by atoms with E-state index < -0.39 is 6.10 Å². The minimum Gasteiger partial charge on any atom is -0.462 e. The van der Waals surface area contributed by atoms with Crippen molar-refractivity contribution in [2.45, 2.75) is 290 Å². The number of esters is 3. The fourth-order valence-electron chi connectivity index (χ4n) is 8.31. The summed E-state index contributed by atoms with van der Waals surface area (Å²) in [6.45, 7) is 6.47. The molecule has 0 amide bonds. The lowest BCUT2D eigenvalue weighted by atomic mass is 10.0. The summed E-state index contributed by atoms with van der Waals surface area (Å²) in [5.41, 5.74) is 0. The zero-order chi connectivity index (χ0) is 52.2. The van der Waals surface area contributed by atoms with Crippen LogP contribution in [-0.2, 0) is 28.6 Å². The Kier molecular flexibility index (Phi) is 56.8. The van der Waals surface area contributed by atoms with E-state index in [1.54, 1.807) is 0 Å². The van der Waals surface area contributed by atoms with Crippen molar-refractivity contribution < 1.29 is 28.6 Å². The van der Waals surface area contributed by atoms with E-state index in [0.29, 0.717) is 19.3 Å². The van der Waals surface area contributed by atoms with Gasteiger partial charge in [-0.2, -0.15) is 0 Å². The van der Waals surface area contributed by atoms with Crippen LogP contribution in [0.4, 0.5) is 0 Å². The van der Waals surface area contributed by atoms with E-state index in [1.807, 2.05) is 0 Å². The van der Waals surface area contributed by atoms with Gasteiger partial charge >= 0.3 is 17.9 Å². The molecule has 412 valence electrons. The smallest absolute Gasteiger partial charge is 0.306 e. The Bertz CT molecular complexity index is 1430. The quantitative estimate of drug-likeness (QED) is 0.0261. The minimum atomic E-state index is -0.804. The summed E-state index contributed by atoms with van der Waals surface area (Å²) in [5.74, 6) is -0.961. The summed E-state index contributed by atoms with van der Waals surface area (Å²) in [5, 5.41) is 0. The molecule has 0 radical (unpaired) electrons. The first-order chi connectivity index (χ1) is 35.5. The molecule has 0 aliphatic carbocycles. The summed E-state index contributed by atoms with van der Waals surface area (Å²) in [6, 6.07) is 0. The molecule has 0 N–H and O–H groups in total. The Morgan fingerprint density at radius 2 is 0.556 bits per heavy atom. The number of carbonyl (C=O) groups excluding carboxylic acids is 3. The number of rotatable bonds is 54. The third-order valence-corrected chi connectivity index (χ3v) is 12.8. The lowest BCUT2D eigenvalue weighted by Crippen LogP contribution is -2.30. The van der Waals surface area contributed by atoms with Gasteiger partial charge in [0.2, 0.25) is 0 Å². The minimum absolute atomic E-state index is 0.0982. The van der Waals surface area contributed by atoms with Crippen molar-refractivity contribution in [1.82, 2.24) is 0 Å². The topological polar surface area (TPSA) is 78.9 Å².